The molecule has 0 aromatic carbocycles. The first-order chi connectivity index (χ1) is 4.41. The Bertz CT molecular complexity index is 66.6. The maximum Gasteiger partial charge on any atom is 0.293 e. The summed E-state index contributed by atoms with van der Waals surface area (Å²) >= 11 is 0. The molecule has 0 saturated carbocycles. The van der Waals surface area contributed by atoms with Gasteiger partial charge < -0.3 is 4.74 Å². The average molecular weight is 309 g/mol. The average Bonchev–Trinajstić information content (AvgIpc) is 1.89. The first-order valence-electron chi connectivity index (χ1n) is 3.47. The molecule has 0 aromatic heterocycles. The molecule has 0 heterocycles. The molecule has 0 fully saturated rings. The van der Waals surface area contributed by atoms with Crippen LogP contribution in [0, 0.1) is 0 Å². The fourth-order valence-electron chi connectivity index (χ4n) is 0.660. The van der Waals surface area contributed by atoms with Crippen LogP contribution >= 0.6 is 0 Å². The standard InChI is InChI=1S/C7H14O2.Hf/c1-2-3-4-5-6-9-7-8;/h7H,2-6H2,1H3;. The van der Waals surface area contributed by atoms with Crippen molar-refractivity contribution in [2.45, 2.75) is 32.6 Å². The van der Waals surface area contributed by atoms with Gasteiger partial charge >= 0.3 is 0 Å². The van der Waals surface area contributed by atoms with E-state index < -0.39 is 0 Å². The van der Waals surface area contributed by atoms with Gasteiger partial charge in [0.2, 0.25) is 0 Å². The van der Waals surface area contributed by atoms with E-state index in [1.807, 2.05) is 0 Å². The molecule has 10 heavy (non-hydrogen) atoms. The van der Waals surface area contributed by atoms with E-state index in [0.717, 1.165) is 6.42 Å². The molecule has 58 valence electrons. The molecule has 0 amide bonds. The fraction of sp³-hybridized carbons (Fsp3) is 0.857. The summed E-state index contributed by atoms with van der Waals surface area (Å²) in [5.74, 6) is 0. The summed E-state index contributed by atoms with van der Waals surface area (Å²) in [5.41, 5.74) is 0. The SMILES string of the molecule is CCCCCCOC=O.[Hf]. The molecular formula is C7H14HfO2. The van der Waals surface area contributed by atoms with Crippen LogP contribution in [0.15, 0.2) is 0 Å². The molecule has 2 nitrogen and oxygen atoms in total. The van der Waals surface area contributed by atoms with E-state index in [1.165, 1.54) is 19.3 Å². The van der Waals surface area contributed by atoms with Gasteiger partial charge in [0, 0.05) is 25.8 Å². The maximum atomic E-state index is 9.62. The predicted molar refractivity (Wildman–Crippen MR) is 36.2 cm³/mol. The first kappa shape index (κ1) is 13.0. The van der Waals surface area contributed by atoms with E-state index in [4.69, 9.17) is 0 Å². The van der Waals surface area contributed by atoms with Crippen molar-refractivity contribution < 1.29 is 35.4 Å². The van der Waals surface area contributed by atoms with E-state index >= 15 is 0 Å². The van der Waals surface area contributed by atoms with Gasteiger partial charge in [-0.3, -0.25) is 4.79 Å². The fourth-order valence-corrected chi connectivity index (χ4v) is 0.660. The van der Waals surface area contributed by atoms with Crippen molar-refractivity contribution >= 4 is 6.47 Å². The van der Waals surface area contributed by atoms with Gasteiger partial charge in [0.1, 0.15) is 0 Å². The Labute approximate surface area is 81.1 Å². The second-order valence-corrected chi connectivity index (χ2v) is 2.03. The van der Waals surface area contributed by atoms with Crippen molar-refractivity contribution in [1.82, 2.24) is 0 Å². The van der Waals surface area contributed by atoms with E-state index in [-0.39, 0.29) is 25.8 Å². The van der Waals surface area contributed by atoms with Crippen molar-refractivity contribution in [2.24, 2.45) is 0 Å². The molecule has 0 aliphatic rings. The Hall–Kier alpha value is 0.340. The zero-order chi connectivity index (χ0) is 6.95. The van der Waals surface area contributed by atoms with Crippen molar-refractivity contribution in [3.63, 3.8) is 0 Å². The van der Waals surface area contributed by atoms with Gasteiger partial charge in [0.25, 0.3) is 6.47 Å². The van der Waals surface area contributed by atoms with Gasteiger partial charge in [-0.15, -0.1) is 0 Å². The van der Waals surface area contributed by atoms with Crippen molar-refractivity contribution in [1.29, 1.82) is 0 Å². The van der Waals surface area contributed by atoms with Gasteiger partial charge in [-0.2, -0.15) is 0 Å². The molecule has 0 atom stereocenters. The zero-order valence-corrected chi connectivity index (χ0v) is 10.0. The monoisotopic (exact) mass is 310 g/mol. The summed E-state index contributed by atoms with van der Waals surface area (Å²) in [7, 11) is 0. The van der Waals surface area contributed by atoms with E-state index in [9.17, 15) is 4.79 Å². The third-order valence-electron chi connectivity index (χ3n) is 1.18. The second-order valence-electron chi connectivity index (χ2n) is 2.03. The molecule has 0 aromatic rings. The minimum absolute atomic E-state index is 0. The molecular weight excluding hydrogens is 295 g/mol. The quantitative estimate of drug-likeness (QED) is 0.424. The van der Waals surface area contributed by atoms with Crippen molar-refractivity contribution in [3.05, 3.63) is 0 Å². The van der Waals surface area contributed by atoms with E-state index in [0.29, 0.717) is 13.1 Å². The Morgan fingerprint density at radius 2 is 2.00 bits per heavy atom. The van der Waals surface area contributed by atoms with Crippen LogP contribution in [0.25, 0.3) is 0 Å². The smallest absolute Gasteiger partial charge is 0.293 e. The molecule has 0 N–H and O–H groups in total. The molecule has 0 spiro atoms. The summed E-state index contributed by atoms with van der Waals surface area (Å²) in [6.45, 7) is 3.25. The van der Waals surface area contributed by atoms with Gasteiger partial charge in [-0.25, -0.2) is 0 Å². The minimum atomic E-state index is 0. The van der Waals surface area contributed by atoms with Crippen LogP contribution in [0.1, 0.15) is 32.6 Å². The summed E-state index contributed by atoms with van der Waals surface area (Å²) in [4.78, 5) is 9.62. The number of ether oxygens (including phenoxy) is 1. The largest absolute Gasteiger partial charge is 0.468 e. The van der Waals surface area contributed by atoms with Crippen LogP contribution in [-0.4, -0.2) is 13.1 Å². The van der Waals surface area contributed by atoms with Crippen LogP contribution in [0.5, 0.6) is 0 Å². The molecule has 0 saturated heterocycles. The van der Waals surface area contributed by atoms with Crippen LogP contribution < -0.4 is 0 Å². The van der Waals surface area contributed by atoms with Crippen LogP contribution in [0.3, 0.4) is 0 Å². The number of hydrogen-bond acceptors (Lipinski definition) is 2. The summed E-state index contributed by atoms with van der Waals surface area (Å²) in [6.07, 6.45) is 4.64. The van der Waals surface area contributed by atoms with E-state index in [1.54, 1.807) is 0 Å². The predicted octanol–water partition coefficient (Wildman–Crippen LogP) is 1.74. The number of carbonyl (C=O) groups excluding carboxylic acids is 1. The molecule has 0 radical (unpaired) electrons. The van der Waals surface area contributed by atoms with Gasteiger partial charge in [0.05, 0.1) is 6.61 Å². The summed E-state index contributed by atoms with van der Waals surface area (Å²) in [5, 5.41) is 0. The van der Waals surface area contributed by atoms with Gasteiger partial charge in [0.15, 0.2) is 0 Å². The Kier molecular flexibility index (Phi) is 15.6. The first-order valence-corrected chi connectivity index (χ1v) is 3.47. The molecule has 0 bridgehead atoms. The topological polar surface area (TPSA) is 26.3 Å². The van der Waals surface area contributed by atoms with E-state index in [2.05, 4.69) is 11.7 Å². The molecule has 0 aliphatic carbocycles. The normalized spacial score (nSPS) is 8.10. The molecule has 3 heteroatoms. The van der Waals surface area contributed by atoms with Crippen molar-refractivity contribution in [3.8, 4) is 0 Å². The third-order valence-corrected chi connectivity index (χ3v) is 1.18. The number of rotatable bonds is 6. The molecule has 0 rings (SSSR count). The number of hydrogen-bond donors (Lipinski definition) is 0. The summed E-state index contributed by atoms with van der Waals surface area (Å²) < 4.78 is 4.50. The van der Waals surface area contributed by atoms with Crippen molar-refractivity contribution in [2.75, 3.05) is 6.61 Å². The maximum absolute atomic E-state index is 9.62. The van der Waals surface area contributed by atoms with Crippen LogP contribution in [0.2, 0.25) is 0 Å². The van der Waals surface area contributed by atoms with Gasteiger partial charge in [-0.05, 0) is 6.42 Å². The number of carbonyl (C=O) groups is 1. The minimum Gasteiger partial charge on any atom is -0.468 e. The Morgan fingerprint density at radius 1 is 1.30 bits per heavy atom. The molecule has 0 aliphatic heterocycles. The third kappa shape index (κ3) is 11.2. The Morgan fingerprint density at radius 3 is 2.50 bits per heavy atom. The number of unbranched alkanes of at least 4 members (excludes halogenated alkanes) is 3. The zero-order valence-electron chi connectivity index (χ0n) is 6.43. The second kappa shape index (κ2) is 12.1. The van der Waals surface area contributed by atoms with Crippen LogP contribution in [0.4, 0.5) is 0 Å². The Balaban J connectivity index is 0. The van der Waals surface area contributed by atoms with Crippen LogP contribution in [-0.2, 0) is 35.4 Å². The molecule has 0 unspecified atom stereocenters. The summed E-state index contributed by atoms with van der Waals surface area (Å²) in [6, 6.07) is 0. The van der Waals surface area contributed by atoms with Gasteiger partial charge in [-0.1, -0.05) is 26.2 Å².